The molecule has 2 heterocycles. The summed E-state index contributed by atoms with van der Waals surface area (Å²) in [6.45, 7) is 4.97. The first kappa shape index (κ1) is 23.8. The van der Waals surface area contributed by atoms with Crippen LogP contribution in [-0.4, -0.2) is 17.8 Å². The highest BCUT2D eigenvalue weighted by Crippen LogP contribution is 2.56. The van der Waals surface area contributed by atoms with Gasteiger partial charge in [0, 0.05) is 23.9 Å². The quantitative estimate of drug-likeness (QED) is 0.210. The van der Waals surface area contributed by atoms with Gasteiger partial charge in [-0.05, 0) is 54.3 Å². The van der Waals surface area contributed by atoms with Crippen molar-refractivity contribution >= 4 is 17.5 Å². The minimum atomic E-state index is -0.870. The number of ether oxygens (including phenoxy) is 2. The number of hydrogen-bond acceptors (Lipinski definition) is 5. The summed E-state index contributed by atoms with van der Waals surface area (Å²) in [6, 6.07) is 30.3. The molecular formula is C32H28N2O4. The predicted molar refractivity (Wildman–Crippen MR) is 150 cm³/mol. The van der Waals surface area contributed by atoms with Crippen LogP contribution in [0.2, 0.25) is 0 Å². The number of benzene rings is 4. The van der Waals surface area contributed by atoms with E-state index in [1.807, 2.05) is 36.4 Å². The maximum atomic E-state index is 11.5. The molecule has 0 aliphatic carbocycles. The van der Waals surface area contributed by atoms with Gasteiger partial charge in [-0.1, -0.05) is 72.8 Å². The van der Waals surface area contributed by atoms with Crippen LogP contribution in [-0.2, 0) is 12.0 Å². The van der Waals surface area contributed by atoms with Crippen LogP contribution in [0.25, 0.3) is 17.2 Å². The molecule has 1 unspecified atom stereocenters. The molecule has 6 rings (SSSR count). The highest BCUT2D eigenvalue weighted by molar-refractivity contribution is 5.75. The number of methoxy groups -OCH3 is 1. The number of anilines is 1. The summed E-state index contributed by atoms with van der Waals surface area (Å²) in [4.78, 5) is 13.4. The van der Waals surface area contributed by atoms with Gasteiger partial charge in [-0.25, -0.2) is 0 Å². The molecule has 0 saturated heterocycles. The van der Waals surface area contributed by atoms with Crippen molar-refractivity contribution in [1.29, 1.82) is 0 Å². The topological polar surface area (TPSA) is 64.8 Å². The fourth-order valence-electron chi connectivity index (χ4n) is 5.74. The molecule has 0 fully saturated rings. The Labute approximate surface area is 221 Å². The number of hydrogen-bond donors (Lipinski definition) is 0. The molecule has 0 radical (unpaired) electrons. The number of nitro benzene ring substituents is 1. The Balaban J connectivity index is 1.44. The first-order chi connectivity index (χ1) is 18.3. The lowest BCUT2D eigenvalue weighted by Crippen LogP contribution is -2.59. The number of rotatable bonds is 5. The van der Waals surface area contributed by atoms with Crippen LogP contribution in [0.5, 0.6) is 11.5 Å². The summed E-state index contributed by atoms with van der Waals surface area (Å²) in [7, 11) is 1.51. The van der Waals surface area contributed by atoms with Crippen molar-refractivity contribution < 1.29 is 14.4 Å². The zero-order valence-corrected chi connectivity index (χ0v) is 21.5. The lowest BCUT2D eigenvalue weighted by molar-refractivity contribution is -0.385. The minimum absolute atomic E-state index is 0.0332. The molecule has 4 aromatic rings. The standard InChI is InChI=1S/C32H28N2O4/c1-31(2)27-11-7-8-12-28(27)33(21-22-13-15-24(16-14-22)23-9-5-4-6-10-23)32(31)18-17-25-19-26(34(35)36)20-29(37-3)30(25)38-32/h4-20H,21H2,1-3H3. The lowest BCUT2D eigenvalue weighted by atomic mass is 9.76. The third-order valence-corrected chi connectivity index (χ3v) is 7.81. The minimum Gasteiger partial charge on any atom is -0.493 e. The van der Waals surface area contributed by atoms with Crippen LogP contribution in [0, 0.1) is 10.1 Å². The van der Waals surface area contributed by atoms with Gasteiger partial charge in [0.1, 0.15) is 0 Å². The number of non-ortho nitro benzene ring substituents is 1. The first-order valence-electron chi connectivity index (χ1n) is 12.6. The average molecular weight is 505 g/mol. The Morgan fingerprint density at radius 2 is 1.61 bits per heavy atom. The van der Waals surface area contributed by atoms with Crippen LogP contribution in [0.3, 0.4) is 0 Å². The molecule has 0 N–H and O–H groups in total. The van der Waals surface area contributed by atoms with E-state index in [0.29, 0.717) is 23.6 Å². The van der Waals surface area contributed by atoms with Crippen molar-refractivity contribution in [2.24, 2.45) is 0 Å². The lowest BCUT2D eigenvalue weighted by Gasteiger charge is -2.47. The molecule has 2 aliphatic rings. The largest absolute Gasteiger partial charge is 0.493 e. The molecule has 0 saturated carbocycles. The van der Waals surface area contributed by atoms with Crippen molar-refractivity contribution in [3.63, 3.8) is 0 Å². The Morgan fingerprint density at radius 1 is 0.921 bits per heavy atom. The van der Waals surface area contributed by atoms with Crippen LogP contribution in [0.1, 0.15) is 30.5 Å². The molecule has 2 aliphatic heterocycles. The van der Waals surface area contributed by atoms with E-state index in [-0.39, 0.29) is 5.69 Å². The maximum Gasteiger partial charge on any atom is 0.274 e. The smallest absolute Gasteiger partial charge is 0.274 e. The Kier molecular flexibility index (Phi) is 5.49. The second-order valence-corrected chi connectivity index (χ2v) is 10.2. The number of nitrogens with zero attached hydrogens (tertiary/aromatic N) is 2. The van der Waals surface area contributed by atoms with E-state index in [2.05, 4.69) is 73.3 Å². The van der Waals surface area contributed by atoms with E-state index in [1.54, 1.807) is 0 Å². The number of para-hydroxylation sites is 1. The Bertz CT molecular complexity index is 1560. The fraction of sp³-hybridized carbons (Fsp3) is 0.188. The van der Waals surface area contributed by atoms with E-state index in [1.165, 1.54) is 35.9 Å². The van der Waals surface area contributed by atoms with Gasteiger partial charge < -0.3 is 14.4 Å². The first-order valence-corrected chi connectivity index (χ1v) is 12.6. The van der Waals surface area contributed by atoms with Gasteiger partial charge in [0.25, 0.3) is 5.69 Å². The normalized spacial score (nSPS) is 18.6. The van der Waals surface area contributed by atoms with E-state index in [4.69, 9.17) is 9.47 Å². The predicted octanol–water partition coefficient (Wildman–Crippen LogP) is 7.37. The zero-order chi connectivity index (χ0) is 26.5. The molecule has 190 valence electrons. The summed E-state index contributed by atoms with van der Waals surface area (Å²) in [5.41, 5.74) is 5.05. The summed E-state index contributed by atoms with van der Waals surface area (Å²) in [5.74, 6) is 0.850. The van der Waals surface area contributed by atoms with E-state index in [0.717, 1.165) is 11.3 Å². The number of nitro groups is 1. The van der Waals surface area contributed by atoms with Gasteiger partial charge in [0.05, 0.1) is 23.5 Å². The molecule has 4 aromatic carbocycles. The highest BCUT2D eigenvalue weighted by Gasteiger charge is 2.59. The molecule has 1 spiro atoms. The fourth-order valence-corrected chi connectivity index (χ4v) is 5.74. The monoisotopic (exact) mass is 504 g/mol. The maximum absolute atomic E-state index is 11.5. The van der Waals surface area contributed by atoms with Crippen molar-refractivity contribution in [1.82, 2.24) is 0 Å². The molecule has 0 aromatic heterocycles. The summed E-state index contributed by atoms with van der Waals surface area (Å²) >= 11 is 0. The van der Waals surface area contributed by atoms with Gasteiger partial charge in [-0.15, -0.1) is 0 Å². The number of fused-ring (bicyclic) bond motifs is 2. The van der Waals surface area contributed by atoms with Crippen LogP contribution in [0.4, 0.5) is 11.4 Å². The van der Waals surface area contributed by atoms with Crippen molar-refractivity contribution in [2.75, 3.05) is 12.0 Å². The molecule has 1 atom stereocenters. The zero-order valence-electron chi connectivity index (χ0n) is 21.5. The third-order valence-electron chi connectivity index (χ3n) is 7.81. The van der Waals surface area contributed by atoms with E-state index in [9.17, 15) is 10.1 Å². The van der Waals surface area contributed by atoms with Gasteiger partial charge in [0.15, 0.2) is 11.5 Å². The molecule has 0 bridgehead atoms. The van der Waals surface area contributed by atoms with Crippen LogP contribution >= 0.6 is 0 Å². The second kappa shape index (κ2) is 8.77. The SMILES string of the molecule is COc1cc([N+](=O)[O-])cc2c1OC1(C=C2)N(Cc2ccc(-c3ccccc3)cc2)c2ccccc2C1(C)C. The van der Waals surface area contributed by atoms with E-state index >= 15 is 0 Å². The summed E-state index contributed by atoms with van der Waals surface area (Å²) in [6.07, 6.45) is 3.96. The molecule has 0 amide bonds. The van der Waals surface area contributed by atoms with Crippen LogP contribution < -0.4 is 14.4 Å². The second-order valence-electron chi connectivity index (χ2n) is 10.2. The van der Waals surface area contributed by atoms with Gasteiger partial charge in [0.2, 0.25) is 5.72 Å². The molecule has 38 heavy (non-hydrogen) atoms. The van der Waals surface area contributed by atoms with E-state index < -0.39 is 16.1 Å². The Hall–Kier alpha value is -4.58. The summed E-state index contributed by atoms with van der Waals surface area (Å²) < 4.78 is 12.5. The Morgan fingerprint density at radius 3 is 2.32 bits per heavy atom. The highest BCUT2D eigenvalue weighted by atomic mass is 16.6. The average Bonchev–Trinajstić information content (AvgIpc) is 3.12. The summed E-state index contributed by atoms with van der Waals surface area (Å²) in [5, 5.41) is 11.5. The third kappa shape index (κ3) is 3.56. The van der Waals surface area contributed by atoms with Crippen LogP contribution in [0.15, 0.2) is 97.1 Å². The molecule has 6 heteroatoms. The molecule has 6 nitrogen and oxygen atoms in total. The van der Waals surface area contributed by atoms with Gasteiger partial charge in [-0.2, -0.15) is 0 Å². The van der Waals surface area contributed by atoms with Crippen molar-refractivity contribution in [3.8, 4) is 22.6 Å². The van der Waals surface area contributed by atoms with Gasteiger partial charge in [-0.3, -0.25) is 10.1 Å². The van der Waals surface area contributed by atoms with Crippen molar-refractivity contribution in [2.45, 2.75) is 31.5 Å². The molecular weight excluding hydrogens is 476 g/mol. The van der Waals surface area contributed by atoms with Crippen molar-refractivity contribution in [3.05, 3.63) is 124 Å². The van der Waals surface area contributed by atoms with Gasteiger partial charge >= 0.3 is 0 Å².